The second-order valence-electron chi connectivity index (χ2n) is 12.6. The van der Waals surface area contributed by atoms with Crippen LogP contribution in [0.5, 0.6) is 17.4 Å². The molecule has 4 aliphatic rings. The summed E-state index contributed by atoms with van der Waals surface area (Å²) in [5.74, 6) is -1.40. The van der Waals surface area contributed by atoms with Crippen LogP contribution in [0.4, 0.5) is 0 Å². The van der Waals surface area contributed by atoms with Crippen molar-refractivity contribution in [1.82, 2.24) is 15.0 Å². The van der Waals surface area contributed by atoms with E-state index >= 15 is 0 Å². The van der Waals surface area contributed by atoms with Gasteiger partial charge in [-0.15, -0.1) is 5.10 Å². The van der Waals surface area contributed by atoms with Gasteiger partial charge in [-0.05, 0) is 81.1 Å². The molecule has 1 saturated carbocycles. The van der Waals surface area contributed by atoms with Crippen molar-refractivity contribution in [2.75, 3.05) is 26.4 Å². The largest absolute Gasteiger partial charge is 0.508 e. The SMILES string of the molecule is CCON=C1CC(n2nncc2OC2CCCCO2)C2(O)Oc3ccc(O)cc3C3C(CCCCO)C(CCCCO)C=C1C32. The molecule has 4 N–H and O–H groups in total. The minimum Gasteiger partial charge on any atom is -0.508 e. The van der Waals surface area contributed by atoms with Crippen molar-refractivity contribution < 1.29 is 39.5 Å². The van der Waals surface area contributed by atoms with Crippen molar-refractivity contribution in [3.8, 4) is 17.4 Å². The average molecular weight is 627 g/mol. The van der Waals surface area contributed by atoms with E-state index in [2.05, 4.69) is 21.5 Å². The van der Waals surface area contributed by atoms with E-state index in [9.17, 15) is 20.4 Å². The fourth-order valence-electron chi connectivity index (χ4n) is 7.82. The summed E-state index contributed by atoms with van der Waals surface area (Å²) in [7, 11) is 0. The average Bonchev–Trinajstić information content (AvgIpc) is 3.49. The number of rotatable bonds is 13. The Bertz CT molecular complexity index is 1360. The van der Waals surface area contributed by atoms with Gasteiger partial charge in [0.05, 0.1) is 18.2 Å². The molecule has 2 aromatic rings. The normalized spacial score (nSPS) is 31.5. The molecule has 1 aromatic carbocycles. The number of phenolic OH excluding ortho intramolecular Hbond substituents is 1. The van der Waals surface area contributed by atoms with Crippen LogP contribution in [0.25, 0.3) is 0 Å². The molecule has 6 rings (SSSR count). The van der Waals surface area contributed by atoms with E-state index < -0.39 is 24.0 Å². The van der Waals surface area contributed by atoms with Crippen molar-refractivity contribution in [1.29, 1.82) is 0 Å². The molecular formula is C33H46N4O8. The molecule has 0 radical (unpaired) electrons. The number of hydrogen-bond acceptors (Lipinski definition) is 11. The number of aromatic hydroxyl groups is 1. The molecule has 12 nitrogen and oxygen atoms in total. The molecule has 2 aliphatic heterocycles. The fourth-order valence-corrected chi connectivity index (χ4v) is 7.82. The van der Waals surface area contributed by atoms with Gasteiger partial charge in [-0.2, -0.15) is 0 Å². The third-order valence-electron chi connectivity index (χ3n) is 9.79. The van der Waals surface area contributed by atoms with Crippen molar-refractivity contribution in [3.05, 3.63) is 41.6 Å². The van der Waals surface area contributed by atoms with Crippen molar-refractivity contribution in [2.45, 2.75) is 95.2 Å². The van der Waals surface area contributed by atoms with Crippen LogP contribution in [0.2, 0.25) is 0 Å². The van der Waals surface area contributed by atoms with E-state index in [4.69, 9.17) is 19.0 Å². The highest BCUT2D eigenvalue weighted by Gasteiger charge is 2.63. The summed E-state index contributed by atoms with van der Waals surface area (Å²) in [5, 5.41) is 55.9. The van der Waals surface area contributed by atoms with Crippen LogP contribution in [0, 0.1) is 17.8 Å². The molecule has 1 saturated heterocycles. The van der Waals surface area contributed by atoms with Gasteiger partial charge < -0.3 is 39.5 Å². The van der Waals surface area contributed by atoms with Crippen LogP contribution in [-0.2, 0) is 9.57 Å². The predicted octanol–water partition coefficient (Wildman–Crippen LogP) is 4.21. The summed E-state index contributed by atoms with van der Waals surface area (Å²) in [4.78, 5) is 5.65. The van der Waals surface area contributed by atoms with Gasteiger partial charge >= 0.3 is 0 Å². The second kappa shape index (κ2) is 14.1. The van der Waals surface area contributed by atoms with Crippen LogP contribution in [0.3, 0.4) is 0 Å². The highest BCUT2D eigenvalue weighted by molar-refractivity contribution is 6.02. The number of aliphatic hydroxyl groups is 3. The van der Waals surface area contributed by atoms with E-state index in [0.717, 1.165) is 56.1 Å². The quantitative estimate of drug-likeness (QED) is 0.187. The standard InChI is InChI=1S/C33H46N4O8/c1-2-43-35-26-19-28(37-29(20-34-36-37)44-30-11-5-8-16-42-30)33(41)32-24(26)17-21(9-3-6-14-38)23(10-4-7-15-39)31(32)25-18-22(40)12-13-27(25)45-33/h12-13,17-18,20-21,23,28,30-32,38-41H,2-11,14-16,19H2,1H3. The highest BCUT2D eigenvalue weighted by atomic mass is 16.7. The van der Waals surface area contributed by atoms with Crippen LogP contribution in [-0.4, -0.2) is 79.6 Å². The second-order valence-corrected chi connectivity index (χ2v) is 12.6. The van der Waals surface area contributed by atoms with Gasteiger partial charge in [-0.3, -0.25) is 0 Å². The molecule has 0 bridgehead atoms. The maximum atomic E-state index is 12.9. The Kier molecular flexibility index (Phi) is 9.93. The molecule has 0 amide bonds. The number of benzene rings is 1. The zero-order chi connectivity index (χ0) is 31.4. The summed E-state index contributed by atoms with van der Waals surface area (Å²) >= 11 is 0. The van der Waals surface area contributed by atoms with Crippen molar-refractivity contribution in [2.24, 2.45) is 22.9 Å². The van der Waals surface area contributed by atoms with E-state index in [1.54, 1.807) is 22.9 Å². The zero-order valence-electron chi connectivity index (χ0n) is 26.0. The number of ether oxygens (including phenoxy) is 3. The molecule has 12 heteroatoms. The summed E-state index contributed by atoms with van der Waals surface area (Å²) in [6.07, 6.45) is 11.0. The van der Waals surface area contributed by atoms with E-state index in [1.807, 2.05) is 6.92 Å². The first-order valence-corrected chi connectivity index (χ1v) is 16.5. The Hall–Kier alpha value is -3.19. The summed E-state index contributed by atoms with van der Waals surface area (Å²) in [5.41, 5.74) is 2.40. The third kappa shape index (κ3) is 6.30. The molecule has 2 aliphatic carbocycles. The van der Waals surface area contributed by atoms with Gasteiger partial charge in [0.1, 0.15) is 30.3 Å². The lowest BCUT2D eigenvalue weighted by atomic mass is 9.55. The topological polar surface area (TPSA) is 161 Å². The van der Waals surface area contributed by atoms with E-state index in [1.165, 1.54) is 6.20 Å². The molecule has 7 atom stereocenters. The number of oxime groups is 1. The Labute approximate surface area is 263 Å². The van der Waals surface area contributed by atoms with Gasteiger partial charge in [-0.1, -0.05) is 29.3 Å². The minimum absolute atomic E-state index is 0.0640. The monoisotopic (exact) mass is 626 g/mol. The number of phenols is 1. The molecule has 45 heavy (non-hydrogen) atoms. The Morgan fingerprint density at radius 2 is 1.93 bits per heavy atom. The number of nitrogens with zero attached hydrogens (tertiary/aromatic N) is 4. The van der Waals surface area contributed by atoms with E-state index in [-0.39, 0.29) is 43.1 Å². The third-order valence-corrected chi connectivity index (χ3v) is 9.79. The first kappa shape index (κ1) is 31.8. The lowest BCUT2D eigenvalue weighted by Gasteiger charge is -2.56. The molecule has 7 unspecified atom stereocenters. The summed E-state index contributed by atoms with van der Waals surface area (Å²) in [6, 6.07) is 4.28. The zero-order valence-corrected chi connectivity index (χ0v) is 26.0. The maximum Gasteiger partial charge on any atom is 0.238 e. The predicted molar refractivity (Wildman–Crippen MR) is 164 cm³/mol. The summed E-state index contributed by atoms with van der Waals surface area (Å²) < 4.78 is 20.3. The van der Waals surface area contributed by atoms with Gasteiger partial charge in [0, 0.05) is 37.5 Å². The Balaban J connectivity index is 1.49. The maximum absolute atomic E-state index is 12.9. The number of unbranched alkanes of at least 4 members (excludes halogenated alkanes) is 2. The van der Waals surface area contributed by atoms with Gasteiger partial charge in [-0.25, -0.2) is 4.68 Å². The van der Waals surface area contributed by atoms with Gasteiger partial charge in [0.25, 0.3) is 0 Å². The van der Waals surface area contributed by atoms with E-state index in [0.29, 0.717) is 43.4 Å². The molecule has 3 heterocycles. The lowest BCUT2D eigenvalue weighted by Crippen LogP contribution is -2.62. The van der Waals surface area contributed by atoms with Crippen molar-refractivity contribution >= 4 is 5.71 Å². The number of aromatic nitrogens is 3. The van der Waals surface area contributed by atoms with Gasteiger partial charge in [0.15, 0.2) is 0 Å². The Morgan fingerprint density at radius 3 is 2.69 bits per heavy atom. The minimum atomic E-state index is -1.77. The fraction of sp³-hybridized carbons (Fsp3) is 0.667. The van der Waals surface area contributed by atoms with Crippen LogP contribution < -0.4 is 9.47 Å². The van der Waals surface area contributed by atoms with Crippen molar-refractivity contribution in [3.63, 3.8) is 0 Å². The molecular weight excluding hydrogens is 580 g/mol. The van der Waals surface area contributed by atoms with Gasteiger partial charge in [0.2, 0.25) is 18.0 Å². The smallest absolute Gasteiger partial charge is 0.238 e. The molecule has 2 fully saturated rings. The molecule has 246 valence electrons. The van der Waals surface area contributed by atoms with Crippen LogP contribution in [0.1, 0.15) is 88.7 Å². The highest BCUT2D eigenvalue weighted by Crippen LogP contribution is 2.62. The summed E-state index contributed by atoms with van der Waals surface area (Å²) in [6.45, 7) is 3.11. The van der Waals surface area contributed by atoms with Crippen LogP contribution in [0.15, 0.2) is 41.2 Å². The lowest BCUT2D eigenvalue weighted by molar-refractivity contribution is -0.226. The number of allylic oxidation sites excluding steroid dienone is 1. The first-order valence-electron chi connectivity index (χ1n) is 16.5. The molecule has 0 spiro atoms. The number of hydrogen-bond donors (Lipinski definition) is 4. The Morgan fingerprint density at radius 1 is 1.11 bits per heavy atom. The number of fused-ring (bicyclic) bond motifs is 2. The number of aliphatic hydroxyl groups excluding tert-OH is 2. The molecule has 1 aromatic heterocycles. The first-order chi connectivity index (χ1) is 22.0. The van der Waals surface area contributed by atoms with Crippen LogP contribution >= 0.6 is 0 Å².